The fourth-order valence-electron chi connectivity index (χ4n) is 2.82. The minimum atomic E-state index is -0.707. The maximum absolute atomic E-state index is 13.9. The minimum Gasteiger partial charge on any atom is -0.465 e. The van der Waals surface area contributed by atoms with Gasteiger partial charge in [-0.15, -0.1) is 11.3 Å². The molecule has 0 spiro atoms. The molecule has 1 N–H and O–H groups in total. The number of aryl methyl sites for hydroxylation is 1. The minimum absolute atomic E-state index is 0.124. The summed E-state index contributed by atoms with van der Waals surface area (Å²) in [4.78, 5) is 25.6. The van der Waals surface area contributed by atoms with Crippen molar-refractivity contribution in [3.63, 3.8) is 0 Å². The fourth-order valence-corrected chi connectivity index (χ4v) is 4.25. The molecule has 1 heterocycles. The summed E-state index contributed by atoms with van der Waals surface area (Å²) in [6.07, 6.45) is 3.69. The molecule has 24 heavy (non-hydrogen) atoms. The van der Waals surface area contributed by atoms with Gasteiger partial charge in [0.2, 0.25) is 0 Å². The zero-order valence-electron chi connectivity index (χ0n) is 12.9. The third-order valence-electron chi connectivity index (χ3n) is 3.96. The summed E-state index contributed by atoms with van der Waals surface area (Å²) in [6, 6.07) is 3.84. The molecule has 4 nitrogen and oxygen atoms in total. The van der Waals surface area contributed by atoms with Crippen LogP contribution in [0.3, 0.4) is 0 Å². The van der Waals surface area contributed by atoms with Crippen molar-refractivity contribution in [1.82, 2.24) is 0 Å². The molecule has 1 aliphatic carbocycles. The van der Waals surface area contributed by atoms with E-state index >= 15 is 0 Å². The van der Waals surface area contributed by atoms with Crippen molar-refractivity contribution in [2.24, 2.45) is 0 Å². The standard InChI is InChI=1S/C17H15ClFNO3S/c1-23-17(22)14-11-4-2-3-5-13(11)24-16(14)20-15(21)10-7-6-9(18)8-12(10)19/h6-8H,2-5H2,1H3,(H,20,21). The molecular formula is C17H15ClFNO3S. The van der Waals surface area contributed by atoms with Crippen molar-refractivity contribution >= 4 is 39.8 Å². The highest BCUT2D eigenvalue weighted by Gasteiger charge is 2.27. The zero-order valence-corrected chi connectivity index (χ0v) is 14.5. The van der Waals surface area contributed by atoms with Gasteiger partial charge in [0.25, 0.3) is 5.91 Å². The van der Waals surface area contributed by atoms with Crippen molar-refractivity contribution in [3.8, 4) is 0 Å². The molecule has 0 atom stereocenters. The Labute approximate surface area is 147 Å². The Balaban J connectivity index is 1.96. The topological polar surface area (TPSA) is 55.4 Å². The van der Waals surface area contributed by atoms with E-state index in [1.807, 2.05) is 0 Å². The molecular weight excluding hydrogens is 353 g/mol. The summed E-state index contributed by atoms with van der Waals surface area (Å²) in [5, 5.41) is 3.28. The van der Waals surface area contributed by atoms with Crippen LogP contribution < -0.4 is 5.32 Å². The maximum atomic E-state index is 13.9. The Morgan fingerprint density at radius 2 is 2.04 bits per heavy atom. The SMILES string of the molecule is COC(=O)c1c(NC(=O)c2ccc(Cl)cc2F)sc2c1CCCC2. The number of ether oxygens (including phenoxy) is 1. The van der Waals surface area contributed by atoms with Gasteiger partial charge in [0.05, 0.1) is 18.2 Å². The Hall–Kier alpha value is -1.92. The first-order valence-electron chi connectivity index (χ1n) is 7.50. The van der Waals surface area contributed by atoms with E-state index in [-0.39, 0.29) is 10.6 Å². The number of anilines is 1. The molecule has 0 unspecified atom stereocenters. The predicted molar refractivity (Wildman–Crippen MR) is 91.7 cm³/mol. The third kappa shape index (κ3) is 3.16. The normalized spacial score (nSPS) is 13.3. The molecule has 126 valence electrons. The summed E-state index contributed by atoms with van der Waals surface area (Å²) >= 11 is 7.06. The van der Waals surface area contributed by atoms with E-state index in [1.54, 1.807) is 0 Å². The summed E-state index contributed by atoms with van der Waals surface area (Å²) in [5.74, 6) is -1.81. The quantitative estimate of drug-likeness (QED) is 0.815. The summed E-state index contributed by atoms with van der Waals surface area (Å²) < 4.78 is 18.8. The molecule has 1 aliphatic rings. The van der Waals surface area contributed by atoms with Crippen LogP contribution in [0.1, 0.15) is 44.0 Å². The first-order valence-corrected chi connectivity index (χ1v) is 8.70. The second-order valence-corrected chi connectivity index (χ2v) is 7.03. The van der Waals surface area contributed by atoms with Gasteiger partial charge in [-0.05, 0) is 49.4 Å². The number of fused-ring (bicyclic) bond motifs is 1. The second kappa shape index (κ2) is 6.91. The van der Waals surface area contributed by atoms with Gasteiger partial charge >= 0.3 is 5.97 Å². The maximum Gasteiger partial charge on any atom is 0.341 e. The molecule has 0 fully saturated rings. The van der Waals surface area contributed by atoms with E-state index < -0.39 is 17.7 Å². The van der Waals surface area contributed by atoms with E-state index in [0.717, 1.165) is 42.2 Å². The number of carbonyl (C=O) groups is 2. The van der Waals surface area contributed by atoms with E-state index in [4.69, 9.17) is 16.3 Å². The van der Waals surface area contributed by atoms with Crippen LogP contribution in [0.25, 0.3) is 0 Å². The fraction of sp³-hybridized carbons (Fsp3) is 0.294. The van der Waals surface area contributed by atoms with Crippen molar-refractivity contribution in [1.29, 1.82) is 0 Å². The highest BCUT2D eigenvalue weighted by Crippen LogP contribution is 2.38. The molecule has 0 aliphatic heterocycles. The molecule has 0 saturated heterocycles. The molecule has 2 aromatic rings. The third-order valence-corrected chi connectivity index (χ3v) is 5.41. The molecule has 1 amide bonds. The van der Waals surface area contributed by atoms with Gasteiger partial charge in [0.1, 0.15) is 10.8 Å². The van der Waals surface area contributed by atoms with Gasteiger partial charge in [-0.1, -0.05) is 11.6 Å². The van der Waals surface area contributed by atoms with Gasteiger partial charge in [0.15, 0.2) is 0 Å². The number of rotatable bonds is 3. The van der Waals surface area contributed by atoms with Crippen LogP contribution in [-0.2, 0) is 17.6 Å². The van der Waals surface area contributed by atoms with Gasteiger partial charge in [0, 0.05) is 9.90 Å². The van der Waals surface area contributed by atoms with Gasteiger partial charge in [-0.3, -0.25) is 4.79 Å². The van der Waals surface area contributed by atoms with Gasteiger partial charge in [-0.25, -0.2) is 9.18 Å². The van der Waals surface area contributed by atoms with E-state index in [0.29, 0.717) is 10.6 Å². The molecule has 3 rings (SSSR count). The van der Waals surface area contributed by atoms with E-state index in [9.17, 15) is 14.0 Å². The highest BCUT2D eigenvalue weighted by atomic mass is 35.5. The molecule has 0 saturated carbocycles. The lowest BCUT2D eigenvalue weighted by molar-refractivity contribution is 0.0601. The summed E-state index contributed by atoms with van der Waals surface area (Å²) in [5.41, 5.74) is 1.20. The van der Waals surface area contributed by atoms with Crippen LogP contribution in [0.15, 0.2) is 18.2 Å². The van der Waals surface area contributed by atoms with Crippen LogP contribution >= 0.6 is 22.9 Å². The lowest BCUT2D eigenvalue weighted by Crippen LogP contribution is -2.16. The van der Waals surface area contributed by atoms with Crippen LogP contribution in [0.2, 0.25) is 5.02 Å². The summed E-state index contributed by atoms with van der Waals surface area (Å²) in [7, 11) is 1.31. The van der Waals surface area contributed by atoms with Crippen molar-refractivity contribution < 1.29 is 18.7 Å². The van der Waals surface area contributed by atoms with Crippen molar-refractivity contribution in [3.05, 3.63) is 50.6 Å². The van der Waals surface area contributed by atoms with Crippen molar-refractivity contribution in [2.75, 3.05) is 12.4 Å². The number of amides is 1. The van der Waals surface area contributed by atoms with Crippen LogP contribution in [0.4, 0.5) is 9.39 Å². The van der Waals surface area contributed by atoms with Gasteiger partial charge in [-0.2, -0.15) is 0 Å². The van der Waals surface area contributed by atoms with Crippen LogP contribution in [0.5, 0.6) is 0 Å². The number of halogens is 2. The first kappa shape index (κ1) is 16.9. The number of esters is 1. The second-order valence-electron chi connectivity index (χ2n) is 5.48. The zero-order chi connectivity index (χ0) is 17.3. The Kier molecular flexibility index (Phi) is 4.87. The lowest BCUT2D eigenvalue weighted by atomic mass is 9.95. The molecule has 0 radical (unpaired) electrons. The number of carbonyl (C=O) groups excluding carboxylic acids is 2. The average molecular weight is 368 g/mol. The number of hydrogen-bond acceptors (Lipinski definition) is 4. The lowest BCUT2D eigenvalue weighted by Gasteiger charge is -2.11. The first-order chi connectivity index (χ1) is 11.5. The smallest absolute Gasteiger partial charge is 0.341 e. The van der Waals surface area contributed by atoms with E-state index in [2.05, 4.69) is 5.32 Å². The number of methoxy groups -OCH3 is 1. The number of benzene rings is 1. The molecule has 0 bridgehead atoms. The summed E-state index contributed by atoms with van der Waals surface area (Å²) in [6.45, 7) is 0. The van der Waals surface area contributed by atoms with E-state index in [1.165, 1.54) is 30.6 Å². The van der Waals surface area contributed by atoms with Crippen LogP contribution in [0, 0.1) is 5.82 Å². The Morgan fingerprint density at radius 1 is 1.29 bits per heavy atom. The van der Waals surface area contributed by atoms with Crippen LogP contribution in [-0.4, -0.2) is 19.0 Å². The van der Waals surface area contributed by atoms with Gasteiger partial charge < -0.3 is 10.1 Å². The Bertz CT molecular complexity index is 818. The predicted octanol–water partition coefficient (Wildman–Crippen LogP) is 4.46. The van der Waals surface area contributed by atoms with Crippen molar-refractivity contribution in [2.45, 2.75) is 25.7 Å². The molecule has 1 aromatic carbocycles. The highest BCUT2D eigenvalue weighted by molar-refractivity contribution is 7.17. The molecule has 1 aromatic heterocycles. The largest absolute Gasteiger partial charge is 0.465 e. The monoisotopic (exact) mass is 367 g/mol. The average Bonchev–Trinajstić information content (AvgIpc) is 2.91. The number of thiophene rings is 1. The molecule has 7 heteroatoms. The number of hydrogen-bond donors (Lipinski definition) is 1. The number of nitrogens with one attached hydrogen (secondary N) is 1. The Morgan fingerprint density at radius 3 is 2.75 bits per heavy atom.